The van der Waals surface area contributed by atoms with Crippen molar-refractivity contribution in [2.24, 2.45) is 0 Å². The second-order valence-corrected chi connectivity index (χ2v) is 7.17. The molecule has 0 saturated heterocycles. The van der Waals surface area contributed by atoms with E-state index < -0.39 is 0 Å². The van der Waals surface area contributed by atoms with Gasteiger partial charge in [-0.15, -0.1) is 5.10 Å². The van der Waals surface area contributed by atoms with Crippen LogP contribution in [0, 0.1) is 0 Å². The molecule has 0 saturated carbocycles. The predicted molar refractivity (Wildman–Crippen MR) is 119 cm³/mol. The molecule has 2 aromatic heterocycles. The number of carbonyl (C=O) groups excluding carboxylic acids is 1. The number of rotatable bonds is 7. The lowest BCUT2D eigenvalue weighted by Gasteiger charge is -2.14. The van der Waals surface area contributed by atoms with Crippen molar-refractivity contribution in [1.82, 2.24) is 25.4 Å². The average Bonchev–Trinajstić information content (AvgIpc) is 3.28. The summed E-state index contributed by atoms with van der Waals surface area (Å²) < 4.78 is 11.0. The first kappa shape index (κ1) is 21.2. The molecule has 0 aliphatic heterocycles. The van der Waals surface area contributed by atoms with Crippen LogP contribution < -0.4 is 10.3 Å². The van der Waals surface area contributed by atoms with Gasteiger partial charge in [0, 0.05) is 0 Å². The molecule has 32 heavy (non-hydrogen) atoms. The molecule has 0 radical (unpaired) electrons. The van der Waals surface area contributed by atoms with Gasteiger partial charge >= 0.3 is 5.97 Å². The smallest absolute Gasteiger partial charge is 0.313 e. The third-order valence-corrected chi connectivity index (χ3v) is 5.10. The van der Waals surface area contributed by atoms with E-state index in [1.807, 2.05) is 56.3 Å². The monoisotopic (exact) mass is 433 g/mol. The van der Waals surface area contributed by atoms with Crippen LogP contribution in [-0.2, 0) is 9.53 Å². The Bertz CT molecular complexity index is 1330. The van der Waals surface area contributed by atoms with Gasteiger partial charge in [-0.05, 0) is 49.6 Å². The summed E-state index contributed by atoms with van der Waals surface area (Å²) in [6.45, 7) is 6.29. The van der Waals surface area contributed by atoms with Gasteiger partial charge in [0.25, 0.3) is 5.56 Å². The molecule has 9 heteroatoms. The third kappa shape index (κ3) is 4.09. The fraction of sp³-hybridized carbons (Fsp3) is 0.261. The topological polar surface area (TPSA) is 123 Å². The molecule has 4 aromatic rings. The third-order valence-electron chi connectivity index (χ3n) is 5.10. The van der Waals surface area contributed by atoms with E-state index in [9.17, 15) is 9.59 Å². The van der Waals surface area contributed by atoms with E-state index in [0.717, 1.165) is 16.7 Å². The van der Waals surface area contributed by atoms with Crippen molar-refractivity contribution in [3.8, 4) is 28.3 Å². The van der Waals surface area contributed by atoms with Gasteiger partial charge in [-0.1, -0.05) is 35.5 Å². The number of carbonyl (C=O) groups is 1. The van der Waals surface area contributed by atoms with Crippen LogP contribution in [0.1, 0.15) is 32.3 Å². The summed E-state index contributed by atoms with van der Waals surface area (Å²) in [6, 6.07) is 13.4. The Kier molecular flexibility index (Phi) is 5.98. The lowest BCUT2D eigenvalue weighted by molar-refractivity contribution is -0.144. The second-order valence-electron chi connectivity index (χ2n) is 7.17. The standard InChI is InChI=1S/C23H23N5O4/c1-4-31-18-12-16(15-8-6-7-14(11-15)13(3)23(30)32-5-2)9-10-17(18)20-24-21-19(22(29)25-20)26-28-27-21/h6-13H,4-5H2,1-3H3,(H2,24,25,26,27,28,29). The normalized spacial score (nSPS) is 12.0. The Morgan fingerprint density at radius 1 is 1.09 bits per heavy atom. The summed E-state index contributed by atoms with van der Waals surface area (Å²) >= 11 is 0. The molecule has 2 aromatic carbocycles. The van der Waals surface area contributed by atoms with E-state index in [1.54, 1.807) is 6.92 Å². The molecule has 1 unspecified atom stereocenters. The van der Waals surface area contributed by atoms with E-state index in [0.29, 0.717) is 36.0 Å². The lowest BCUT2D eigenvalue weighted by Crippen LogP contribution is -2.12. The van der Waals surface area contributed by atoms with Gasteiger partial charge in [0.05, 0.1) is 24.7 Å². The van der Waals surface area contributed by atoms with Crippen molar-refractivity contribution in [3.63, 3.8) is 0 Å². The SMILES string of the molecule is CCOC(=O)C(C)c1cccc(-c2ccc(-c3nc4[nH]nnc4c(=O)[nH]3)c(OCC)c2)c1. The van der Waals surface area contributed by atoms with E-state index >= 15 is 0 Å². The van der Waals surface area contributed by atoms with E-state index in [2.05, 4.69) is 25.4 Å². The molecule has 2 N–H and O–H groups in total. The van der Waals surface area contributed by atoms with Gasteiger partial charge in [-0.2, -0.15) is 0 Å². The fourth-order valence-electron chi connectivity index (χ4n) is 3.45. The number of aromatic nitrogens is 5. The minimum atomic E-state index is -0.383. The second kappa shape index (κ2) is 9.01. The number of H-pyrrole nitrogens is 2. The van der Waals surface area contributed by atoms with E-state index in [1.165, 1.54) is 0 Å². The first-order chi connectivity index (χ1) is 15.5. The Balaban J connectivity index is 1.74. The molecular weight excluding hydrogens is 410 g/mol. The van der Waals surface area contributed by atoms with Crippen molar-refractivity contribution in [3.05, 3.63) is 58.4 Å². The quantitative estimate of drug-likeness (QED) is 0.428. The molecular formula is C23H23N5O4. The summed E-state index contributed by atoms with van der Waals surface area (Å²) in [6.07, 6.45) is 0. The summed E-state index contributed by atoms with van der Waals surface area (Å²) in [4.78, 5) is 31.6. The van der Waals surface area contributed by atoms with Gasteiger partial charge in [0.1, 0.15) is 11.6 Å². The molecule has 4 rings (SSSR count). The van der Waals surface area contributed by atoms with E-state index in [4.69, 9.17) is 9.47 Å². The molecule has 0 bridgehead atoms. The molecule has 9 nitrogen and oxygen atoms in total. The van der Waals surface area contributed by atoms with Gasteiger partial charge in [0.2, 0.25) is 0 Å². The number of nitrogens with one attached hydrogen (secondary N) is 2. The maximum Gasteiger partial charge on any atom is 0.313 e. The summed E-state index contributed by atoms with van der Waals surface area (Å²) in [5.74, 6) is 0.301. The molecule has 0 fully saturated rings. The summed E-state index contributed by atoms with van der Waals surface area (Å²) in [5.41, 5.74) is 3.41. The highest BCUT2D eigenvalue weighted by Gasteiger charge is 2.18. The van der Waals surface area contributed by atoms with Crippen LogP contribution in [0.3, 0.4) is 0 Å². The van der Waals surface area contributed by atoms with Crippen LogP contribution in [0.25, 0.3) is 33.7 Å². The van der Waals surface area contributed by atoms with Crippen molar-refractivity contribution in [2.75, 3.05) is 13.2 Å². The number of nitrogens with zero attached hydrogens (tertiary/aromatic N) is 3. The zero-order chi connectivity index (χ0) is 22.7. The van der Waals surface area contributed by atoms with Crippen molar-refractivity contribution in [2.45, 2.75) is 26.7 Å². The summed E-state index contributed by atoms with van der Waals surface area (Å²) in [5, 5.41) is 9.99. The molecule has 2 heterocycles. The fourth-order valence-corrected chi connectivity index (χ4v) is 3.45. The number of aromatic amines is 2. The van der Waals surface area contributed by atoms with Crippen LogP contribution in [0.2, 0.25) is 0 Å². The van der Waals surface area contributed by atoms with Crippen LogP contribution in [-0.4, -0.2) is 44.6 Å². The van der Waals surface area contributed by atoms with Crippen molar-refractivity contribution in [1.29, 1.82) is 0 Å². The van der Waals surface area contributed by atoms with Crippen molar-refractivity contribution >= 4 is 17.1 Å². The zero-order valence-corrected chi connectivity index (χ0v) is 18.0. The maximum absolute atomic E-state index is 12.3. The zero-order valence-electron chi connectivity index (χ0n) is 18.0. The number of esters is 1. The van der Waals surface area contributed by atoms with Gasteiger partial charge in [-0.3, -0.25) is 9.59 Å². The van der Waals surface area contributed by atoms with Gasteiger partial charge in [0.15, 0.2) is 11.2 Å². The average molecular weight is 433 g/mol. The number of hydrogen-bond acceptors (Lipinski definition) is 7. The Morgan fingerprint density at radius 2 is 1.91 bits per heavy atom. The first-order valence-electron chi connectivity index (χ1n) is 10.4. The van der Waals surface area contributed by atoms with Gasteiger partial charge in [-0.25, -0.2) is 10.1 Å². The van der Waals surface area contributed by atoms with Crippen LogP contribution in [0.4, 0.5) is 0 Å². The molecule has 164 valence electrons. The lowest BCUT2D eigenvalue weighted by atomic mass is 9.95. The highest BCUT2D eigenvalue weighted by molar-refractivity contribution is 5.80. The highest BCUT2D eigenvalue weighted by atomic mass is 16.5. The minimum Gasteiger partial charge on any atom is -0.493 e. The molecule has 0 amide bonds. The Labute approximate surface area is 183 Å². The number of fused-ring (bicyclic) bond motifs is 1. The van der Waals surface area contributed by atoms with Crippen LogP contribution in [0.15, 0.2) is 47.3 Å². The number of hydrogen-bond donors (Lipinski definition) is 2. The maximum atomic E-state index is 12.3. The number of ether oxygens (including phenoxy) is 2. The van der Waals surface area contributed by atoms with Crippen LogP contribution in [0.5, 0.6) is 5.75 Å². The minimum absolute atomic E-state index is 0.149. The summed E-state index contributed by atoms with van der Waals surface area (Å²) in [7, 11) is 0. The molecule has 0 spiro atoms. The largest absolute Gasteiger partial charge is 0.493 e. The van der Waals surface area contributed by atoms with Crippen LogP contribution >= 0.6 is 0 Å². The Hall–Kier alpha value is -4.01. The van der Waals surface area contributed by atoms with Crippen molar-refractivity contribution < 1.29 is 14.3 Å². The molecule has 0 aliphatic carbocycles. The van der Waals surface area contributed by atoms with Gasteiger partial charge < -0.3 is 14.5 Å². The Morgan fingerprint density at radius 3 is 2.69 bits per heavy atom. The molecule has 0 aliphatic rings. The predicted octanol–water partition coefficient (Wildman–Crippen LogP) is 3.44. The molecule has 1 atom stereocenters. The van der Waals surface area contributed by atoms with E-state index in [-0.39, 0.29) is 23.0 Å². The first-order valence-corrected chi connectivity index (χ1v) is 10.4. The highest BCUT2D eigenvalue weighted by Crippen LogP contribution is 2.34. The number of benzene rings is 2.